The quantitative estimate of drug-likeness (QED) is 0.765. The molecule has 0 aromatic rings. The summed E-state index contributed by atoms with van der Waals surface area (Å²) in [5.41, 5.74) is 0. The van der Waals surface area contributed by atoms with Gasteiger partial charge in [-0.1, -0.05) is 32.1 Å². The van der Waals surface area contributed by atoms with Crippen molar-refractivity contribution in [3.8, 4) is 0 Å². The molecular weight excluding hydrogens is 230 g/mol. The SMILES string of the molecule is O=C(O)C1CN(C2CCCCCCC2)CCC1=O. The molecule has 1 heterocycles. The molecule has 0 radical (unpaired) electrons. The molecule has 1 atom stereocenters. The van der Waals surface area contributed by atoms with Gasteiger partial charge in [-0.15, -0.1) is 0 Å². The number of hydrogen-bond acceptors (Lipinski definition) is 3. The normalized spacial score (nSPS) is 28.7. The van der Waals surface area contributed by atoms with Crippen LogP contribution in [0.3, 0.4) is 0 Å². The first-order chi connectivity index (χ1) is 8.68. The predicted octanol–water partition coefficient (Wildman–Crippen LogP) is 2.07. The summed E-state index contributed by atoms with van der Waals surface area (Å²) in [6.07, 6.45) is 9.16. The van der Waals surface area contributed by atoms with E-state index in [1.807, 2.05) is 0 Å². The van der Waals surface area contributed by atoms with Crippen LogP contribution in [0, 0.1) is 5.92 Å². The number of likely N-dealkylation sites (tertiary alicyclic amines) is 1. The second-order valence-corrected chi connectivity index (χ2v) is 5.60. The Morgan fingerprint density at radius 1 is 1.11 bits per heavy atom. The topological polar surface area (TPSA) is 57.6 Å². The highest BCUT2D eigenvalue weighted by molar-refractivity contribution is 5.99. The first-order valence-electron chi connectivity index (χ1n) is 7.18. The number of carboxylic acids is 1. The van der Waals surface area contributed by atoms with Crippen LogP contribution in [-0.4, -0.2) is 40.9 Å². The lowest BCUT2D eigenvalue weighted by Gasteiger charge is -2.37. The van der Waals surface area contributed by atoms with Gasteiger partial charge in [0.1, 0.15) is 11.7 Å². The van der Waals surface area contributed by atoms with Crippen LogP contribution in [0.2, 0.25) is 0 Å². The van der Waals surface area contributed by atoms with Crippen LogP contribution in [0.1, 0.15) is 51.4 Å². The lowest BCUT2D eigenvalue weighted by molar-refractivity contribution is -0.149. The van der Waals surface area contributed by atoms with Gasteiger partial charge in [-0.05, 0) is 12.8 Å². The molecule has 1 N–H and O–H groups in total. The summed E-state index contributed by atoms with van der Waals surface area (Å²) in [5.74, 6) is -1.83. The number of hydrogen-bond donors (Lipinski definition) is 1. The average Bonchev–Trinajstić information content (AvgIpc) is 2.29. The highest BCUT2D eigenvalue weighted by atomic mass is 16.4. The minimum Gasteiger partial charge on any atom is -0.481 e. The van der Waals surface area contributed by atoms with E-state index in [0.29, 0.717) is 19.0 Å². The second kappa shape index (κ2) is 6.32. The maximum atomic E-state index is 11.6. The van der Waals surface area contributed by atoms with Gasteiger partial charge in [-0.25, -0.2) is 0 Å². The number of carbonyl (C=O) groups excluding carboxylic acids is 1. The average molecular weight is 253 g/mol. The van der Waals surface area contributed by atoms with Crippen LogP contribution in [0.5, 0.6) is 0 Å². The molecular formula is C14H23NO3. The van der Waals surface area contributed by atoms with Crippen molar-refractivity contribution in [3.63, 3.8) is 0 Å². The van der Waals surface area contributed by atoms with Crippen LogP contribution < -0.4 is 0 Å². The molecule has 0 spiro atoms. The summed E-state index contributed by atoms with van der Waals surface area (Å²) in [6, 6.07) is 0.500. The fourth-order valence-corrected chi connectivity index (χ4v) is 3.20. The number of nitrogens with zero attached hydrogens (tertiary/aromatic N) is 1. The van der Waals surface area contributed by atoms with Crippen molar-refractivity contribution >= 4 is 11.8 Å². The van der Waals surface area contributed by atoms with Gasteiger partial charge < -0.3 is 5.11 Å². The fraction of sp³-hybridized carbons (Fsp3) is 0.857. The maximum absolute atomic E-state index is 11.6. The van der Waals surface area contributed by atoms with Crippen molar-refractivity contribution in [1.82, 2.24) is 4.90 Å². The lowest BCUT2D eigenvalue weighted by Crippen LogP contribution is -2.48. The minimum atomic E-state index is -0.949. The number of rotatable bonds is 2. The fourth-order valence-electron chi connectivity index (χ4n) is 3.20. The van der Waals surface area contributed by atoms with Gasteiger partial charge in [0, 0.05) is 25.6 Å². The number of carboxylic acid groups (broad SMARTS) is 1. The van der Waals surface area contributed by atoms with Gasteiger partial charge in [-0.2, -0.15) is 0 Å². The third-order valence-electron chi connectivity index (χ3n) is 4.34. The molecule has 0 amide bonds. The summed E-state index contributed by atoms with van der Waals surface area (Å²) in [6.45, 7) is 1.19. The van der Waals surface area contributed by atoms with E-state index in [9.17, 15) is 9.59 Å². The van der Waals surface area contributed by atoms with Crippen molar-refractivity contribution in [2.75, 3.05) is 13.1 Å². The van der Waals surface area contributed by atoms with Crippen molar-refractivity contribution < 1.29 is 14.7 Å². The van der Waals surface area contributed by atoms with Crippen LogP contribution in [0.15, 0.2) is 0 Å². The zero-order valence-corrected chi connectivity index (χ0v) is 10.9. The Morgan fingerprint density at radius 3 is 2.33 bits per heavy atom. The Hall–Kier alpha value is -0.900. The summed E-state index contributed by atoms with van der Waals surface area (Å²) in [4.78, 5) is 24.9. The van der Waals surface area contributed by atoms with Gasteiger partial charge in [0.2, 0.25) is 0 Å². The van der Waals surface area contributed by atoms with E-state index in [4.69, 9.17) is 5.11 Å². The summed E-state index contributed by atoms with van der Waals surface area (Å²) in [5, 5.41) is 9.08. The molecule has 0 bridgehead atoms. The molecule has 2 fully saturated rings. The largest absolute Gasteiger partial charge is 0.481 e. The van der Waals surface area contributed by atoms with Crippen LogP contribution in [0.25, 0.3) is 0 Å². The minimum absolute atomic E-state index is 0.0930. The highest BCUT2D eigenvalue weighted by Gasteiger charge is 2.35. The molecule has 2 aliphatic rings. The molecule has 1 aliphatic carbocycles. The lowest BCUT2D eigenvalue weighted by atomic mass is 9.91. The van der Waals surface area contributed by atoms with E-state index >= 15 is 0 Å². The molecule has 4 heteroatoms. The number of aliphatic carboxylic acids is 1. The summed E-state index contributed by atoms with van der Waals surface area (Å²) < 4.78 is 0. The molecule has 2 rings (SSSR count). The summed E-state index contributed by atoms with van der Waals surface area (Å²) >= 11 is 0. The van der Waals surface area contributed by atoms with Crippen molar-refractivity contribution in [2.45, 2.75) is 57.4 Å². The number of piperidine rings is 1. The van der Waals surface area contributed by atoms with E-state index in [1.54, 1.807) is 0 Å². The van der Waals surface area contributed by atoms with Gasteiger partial charge in [-0.3, -0.25) is 14.5 Å². The third-order valence-corrected chi connectivity index (χ3v) is 4.34. The first-order valence-corrected chi connectivity index (χ1v) is 7.18. The highest BCUT2D eigenvalue weighted by Crippen LogP contribution is 2.25. The predicted molar refractivity (Wildman–Crippen MR) is 68.4 cm³/mol. The standard InChI is InChI=1S/C14H23NO3/c16-13-8-9-15(10-12(13)14(17)18)11-6-4-2-1-3-5-7-11/h11-12H,1-10H2,(H,17,18). The molecule has 0 aromatic heterocycles. The van der Waals surface area contributed by atoms with Gasteiger partial charge in [0.25, 0.3) is 0 Å². The smallest absolute Gasteiger partial charge is 0.315 e. The number of ketones is 1. The molecule has 1 saturated heterocycles. The van der Waals surface area contributed by atoms with E-state index < -0.39 is 11.9 Å². The van der Waals surface area contributed by atoms with E-state index in [-0.39, 0.29) is 5.78 Å². The maximum Gasteiger partial charge on any atom is 0.315 e. The van der Waals surface area contributed by atoms with Crippen LogP contribution in [0.4, 0.5) is 0 Å². The molecule has 102 valence electrons. The van der Waals surface area contributed by atoms with Gasteiger partial charge in [0.05, 0.1) is 0 Å². The number of Topliss-reactive ketones (excluding diaryl/α,β-unsaturated/α-hetero) is 1. The zero-order chi connectivity index (χ0) is 13.0. The Kier molecular flexibility index (Phi) is 4.75. The Bertz CT molecular complexity index is 308. The van der Waals surface area contributed by atoms with Crippen LogP contribution >= 0.6 is 0 Å². The molecule has 0 aromatic carbocycles. The van der Waals surface area contributed by atoms with Crippen molar-refractivity contribution in [2.24, 2.45) is 5.92 Å². The van der Waals surface area contributed by atoms with Gasteiger partial charge in [0.15, 0.2) is 0 Å². The van der Waals surface area contributed by atoms with Crippen molar-refractivity contribution in [3.05, 3.63) is 0 Å². The Balaban J connectivity index is 1.94. The molecule has 1 aliphatic heterocycles. The van der Waals surface area contributed by atoms with E-state index in [0.717, 1.165) is 6.54 Å². The molecule has 1 saturated carbocycles. The first kappa shape index (κ1) is 13.5. The molecule has 4 nitrogen and oxygen atoms in total. The second-order valence-electron chi connectivity index (χ2n) is 5.60. The monoisotopic (exact) mass is 253 g/mol. The third kappa shape index (κ3) is 3.31. The molecule has 1 unspecified atom stereocenters. The molecule has 18 heavy (non-hydrogen) atoms. The number of carbonyl (C=O) groups is 2. The Labute approximate surface area is 108 Å². The zero-order valence-electron chi connectivity index (χ0n) is 10.9. The van der Waals surface area contributed by atoms with Crippen molar-refractivity contribution in [1.29, 1.82) is 0 Å². The Morgan fingerprint density at radius 2 is 1.72 bits per heavy atom. The van der Waals surface area contributed by atoms with E-state index in [1.165, 1.54) is 44.9 Å². The summed E-state index contributed by atoms with van der Waals surface area (Å²) in [7, 11) is 0. The van der Waals surface area contributed by atoms with E-state index in [2.05, 4.69) is 4.90 Å². The van der Waals surface area contributed by atoms with Crippen LogP contribution in [-0.2, 0) is 9.59 Å². The van der Waals surface area contributed by atoms with Gasteiger partial charge >= 0.3 is 5.97 Å².